The molecule has 3 aromatic carbocycles. The Hall–Kier alpha value is -3.60. The van der Waals surface area contributed by atoms with E-state index in [4.69, 9.17) is 19.5 Å². The fourth-order valence-corrected chi connectivity index (χ4v) is 2.88. The lowest BCUT2D eigenvalue weighted by molar-refractivity contribution is 0.415. The summed E-state index contributed by atoms with van der Waals surface area (Å²) in [4.78, 5) is 9.43. The van der Waals surface area contributed by atoms with E-state index in [1.54, 1.807) is 14.2 Å². The molecule has 0 radical (unpaired) electrons. The summed E-state index contributed by atoms with van der Waals surface area (Å²) in [7, 11) is 3.30. The van der Waals surface area contributed by atoms with Crippen molar-refractivity contribution in [2.75, 3.05) is 19.5 Å². The number of ether oxygens (including phenoxy) is 2. The minimum absolute atomic E-state index is 0.687. The first-order chi connectivity index (χ1) is 13.3. The van der Waals surface area contributed by atoms with Gasteiger partial charge in [-0.25, -0.2) is 9.98 Å². The van der Waals surface area contributed by atoms with Gasteiger partial charge < -0.3 is 14.8 Å². The van der Waals surface area contributed by atoms with Crippen molar-refractivity contribution in [3.63, 3.8) is 0 Å². The molecule has 5 heteroatoms. The van der Waals surface area contributed by atoms with Gasteiger partial charge in [-0.2, -0.15) is 0 Å². The van der Waals surface area contributed by atoms with Crippen molar-refractivity contribution in [3.05, 3.63) is 83.9 Å². The van der Waals surface area contributed by atoms with Crippen molar-refractivity contribution in [2.24, 2.45) is 9.98 Å². The maximum Gasteiger partial charge on any atom is 0.162 e. The zero-order valence-corrected chi connectivity index (χ0v) is 15.1. The Labute approximate surface area is 158 Å². The predicted octanol–water partition coefficient (Wildman–Crippen LogP) is 4.65. The van der Waals surface area contributed by atoms with Crippen LogP contribution in [-0.2, 0) is 0 Å². The molecule has 1 heterocycles. The van der Waals surface area contributed by atoms with Gasteiger partial charge in [-0.3, -0.25) is 0 Å². The van der Waals surface area contributed by atoms with Crippen molar-refractivity contribution in [2.45, 2.75) is 0 Å². The quantitative estimate of drug-likeness (QED) is 0.739. The average molecular weight is 357 g/mol. The number of benzene rings is 3. The van der Waals surface area contributed by atoms with Crippen molar-refractivity contribution >= 4 is 23.0 Å². The molecule has 5 nitrogen and oxygen atoms in total. The molecule has 134 valence electrons. The molecule has 0 bridgehead atoms. The zero-order valence-electron chi connectivity index (χ0n) is 15.1. The highest BCUT2D eigenvalue weighted by Crippen LogP contribution is 2.25. The molecule has 4 rings (SSSR count). The lowest BCUT2D eigenvalue weighted by Gasteiger charge is -2.07. The van der Waals surface area contributed by atoms with Crippen LogP contribution in [0.5, 0.6) is 11.5 Å². The highest BCUT2D eigenvalue weighted by Gasteiger charge is 2.21. The van der Waals surface area contributed by atoms with Gasteiger partial charge >= 0.3 is 0 Å². The summed E-state index contributed by atoms with van der Waals surface area (Å²) in [6.07, 6.45) is 0. The summed E-state index contributed by atoms with van der Waals surface area (Å²) in [5, 5.41) is 3.38. The van der Waals surface area contributed by atoms with Gasteiger partial charge in [-0.1, -0.05) is 24.3 Å². The molecule has 0 aliphatic carbocycles. The fourth-order valence-electron chi connectivity index (χ4n) is 2.88. The van der Waals surface area contributed by atoms with Crippen LogP contribution in [0.25, 0.3) is 0 Å². The first kappa shape index (κ1) is 16.8. The van der Waals surface area contributed by atoms with E-state index in [0.717, 1.165) is 39.8 Å². The summed E-state index contributed by atoms with van der Waals surface area (Å²) in [5.41, 5.74) is 3.80. The molecule has 0 aromatic heterocycles. The molecule has 1 N–H and O–H groups in total. The molecule has 0 atom stereocenters. The van der Waals surface area contributed by atoms with Crippen LogP contribution in [0.4, 0.5) is 11.4 Å². The third-order valence-corrected chi connectivity index (χ3v) is 4.30. The molecular formula is C22H19N3O2. The Morgan fingerprint density at radius 1 is 0.741 bits per heavy atom. The van der Waals surface area contributed by atoms with Crippen LogP contribution in [0.2, 0.25) is 0 Å². The maximum absolute atomic E-state index is 5.21. The van der Waals surface area contributed by atoms with Gasteiger partial charge in [0.15, 0.2) is 5.84 Å². The van der Waals surface area contributed by atoms with Crippen LogP contribution in [0.3, 0.4) is 0 Å². The Kier molecular flexibility index (Phi) is 4.58. The molecule has 0 fully saturated rings. The van der Waals surface area contributed by atoms with E-state index >= 15 is 0 Å². The van der Waals surface area contributed by atoms with Crippen LogP contribution in [0.15, 0.2) is 82.8 Å². The van der Waals surface area contributed by atoms with E-state index in [2.05, 4.69) is 5.32 Å². The molecule has 0 amide bonds. The van der Waals surface area contributed by atoms with Gasteiger partial charge in [-0.05, 0) is 48.5 Å². The molecule has 0 saturated carbocycles. The number of nitrogens with zero attached hydrogens (tertiary/aromatic N) is 2. The van der Waals surface area contributed by atoms with Crippen LogP contribution >= 0.6 is 0 Å². The lowest BCUT2D eigenvalue weighted by Crippen LogP contribution is -2.11. The second kappa shape index (κ2) is 7.33. The highest BCUT2D eigenvalue weighted by atomic mass is 16.5. The number of anilines is 1. The number of nitrogens with one attached hydrogen (secondary N) is 1. The normalized spacial score (nSPS) is 13.9. The van der Waals surface area contributed by atoms with Crippen LogP contribution in [-0.4, -0.2) is 25.9 Å². The summed E-state index contributed by atoms with van der Waals surface area (Å²) in [6.45, 7) is 0. The molecule has 0 saturated heterocycles. The van der Waals surface area contributed by atoms with E-state index in [9.17, 15) is 0 Å². The third-order valence-electron chi connectivity index (χ3n) is 4.30. The topological polar surface area (TPSA) is 55.2 Å². The molecular weight excluding hydrogens is 338 g/mol. The Bertz CT molecular complexity index is 1010. The number of rotatable bonds is 4. The van der Waals surface area contributed by atoms with Crippen LogP contribution in [0.1, 0.15) is 11.1 Å². The van der Waals surface area contributed by atoms with E-state index in [1.807, 2.05) is 72.8 Å². The van der Waals surface area contributed by atoms with E-state index in [0.29, 0.717) is 5.84 Å². The third kappa shape index (κ3) is 3.53. The summed E-state index contributed by atoms with van der Waals surface area (Å²) in [5.74, 6) is 3.09. The lowest BCUT2D eigenvalue weighted by atomic mass is 10.1. The molecule has 0 unspecified atom stereocenters. The average Bonchev–Trinajstić information content (AvgIpc) is 3.06. The SMILES string of the molecule is COc1ccc(N=C2N=C(Nc3ccc(OC)cc3)c3ccccc32)cc1. The predicted molar refractivity (Wildman–Crippen MR) is 109 cm³/mol. The van der Waals surface area contributed by atoms with Crippen molar-refractivity contribution < 1.29 is 9.47 Å². The number of hydrogen-bond acceptors (Lipinski definition) is 4. The largest absolute Gasteiger partial charge is 0.497 e. The van der Waals surface area contributed by atoms with Gasteiger partial charge in [0.25, 0.3) is 0 Å². The smallest absolute Gasteiger partial charge is 0.162 e. The summed E-state index contributed by atoms with van der Waals surface area (Å²) in [6, 6.07) is 23.4. The molecule has 1 aliphatic rings. The van der Waals surface area contributed by atoms with E-state index in [-0.39, 0.29) is 0 Å². The monoisotopic (exact) mass is 357 g/mol. The van der Waals surface area contributed by atoms with Crippen LogP contribution < -0.4 is 14.8 Å². The first-order valence-electron chi connectivity index (χ1n) is 8.59. The standard InChI is InChI=1S/C22H19N3O2/c1-26-17-11-7-15(8-12-17)23-21-19-5-3-4-6-20(19)22(25-21)24-16-9-13-18(27-2)14-10-16/h3-14H,1-2H3,(H,23,24,25). The molecule has 27 heavy (non-hydrogen) atoms. The molecule has 0 spiro atoms. The number of methoxy groups -OCH3 is 2. The number of fused-ring (bicyclic) bond motifs is 1. The first-order valence-corrected chi connectivity index (χ1v) is 8.59. The minimum Gasteiger partial charge on any atom is -0.497 e. The Morgan fingerprint density at radius 3 is 1.96 bits per heavy atom. The fraction of sp³-hybridized carbons (Fsp3) is 0.0909. The second-order valence-corrected chi connectivity index (χ2v) is 5.99. The number of hydrogen-bond donors (Lipinski definition) is 1. The van der Waals surface area contributed by atoms with E-state index in [1.165, 1.54) is 0 Å². The van der Waals surface area contributed by atoms with Gasteiger partial charge in [-0.15, -0.1) is 0 Å². The summed E-state index contributed by atoms with van der Waals surface area (Å²) >= 11 is 0. The maximum atomic E-state index is 5.21. The second-order valence-electron chi connectivity index (χ2n) is 5.99. The highest BCUT2D eigenvalue weighted by molar-refractivity contribution is 6.26. The Morgan fingerprint density at radius 2 is 1.33 bits per heavy atom. The van der Waals surface area contributed by atoms with E-state index < -0.39 is 0 Å². The minimum atomic E-state index is 0.687. The number of aliphatic imine (C=N–C) groups is 2. The molecule has 1 aliphatic heterocycles. The number of amidine groups is 2. The van der Waals surface area contributed by atoms with Crippen molar-refractivity contribution in [1.82, 2.24) is 0 Å². The van der Waals surface area contributed by atoms with Crippen molar-refractivity contribution in [3.8, 4) is 11.5 Å². The van der Waals surface area contributed by atoms with Crippen LogP contribution in [0, 0.1) is 0 Å². The van der Waals surface area contributed by atoms with Gasteiger partial charge in [0.05, 0.1) is 19.9 Å². The van der Waals surface area contributed by atoms with Gasteiger partial charge in [0.1, 0.15) is 17.3 Å². The Balaban J connectivity index is 1.66. The van der Waals surface area contributed by atoms with Crippen molar-refractivity contribution in [1.29, 1.82) is 0 Å². The van der Waals surface area contributed by atoms with Gasteiger partial charge in [0, 0.05) is 16.8 Å². The molecule has 3 aromatic rings. The van der Waals surface area contributed by atoms with Gasteiger partial charge in [0.2, 0.25) is 0 Å². The zero-order chi connectivity index (χ0) is 18.6. The summed E-state index contributed by atoms with van der Waals surface area (Å²) < 4.78 is 10.4.